The molecule has 25 heavy (non-hydrogen) atoms. The Morgan fingerprint density at radius 1 is 1.28 bits per heavy atom. The fourth-order valence-electron chi connectivity index (χ4n) is 3.97. The number of rotatable bonds is 9. The van der Waals surface area contributed by atoms with Crippen LogP contribution in [-0.4, -0.2) is 52.1 Å². The van der Waals surface area contributed by atoms with Gasteiger partial charge >= 0.3 is 0 Å². The van der Waals surface area contributed by atoms with E-state index in [0.717, 1.165) is 18.4 Å². The van der Waals surface area contributed by atoms with Crippen LogP contribution in [-0.2, 0) is 6.54 Å². The highest BCUT2D eigenvalue weighted by atomic mass is 32.2. The molecule has 4 heteroatoms. The van der Waals surface area contributed by atoms with Crippen LogP contribution in [0.5, 0.6) is 0 Å². The molecule has 1 aromatic heterocycles. The third-order valence-corrected chi connectivity index (χ3v) is 6.49. The molecule has 0 saturated carbocycles. The second-order valence-electron chi connectivity index (χ2n) is 8.02. The smallest absolute Gasteiger partial charge is 0.0544 e. The van der Waals surface area contributed by atoms with Gasteiger partial charge in [-0.3, -0.25) is 14.8 Å². The number of aromatic nitrogens is 1. The molecular formula is C21H37N3S. The number of hydrogen-bond acceptors (Lipinski definition) is 4. The summed E-state index contributed by atoms with van der Waals surface area (Å²) in [6, 6.07) is 6.79. The van der Waals surface area contributed by atoms with Crippen LogP contribution >= 0.6 is 11.8 Å². The first-order valence-electron chi connectivity index (χ1n) is 9.90. The van der Waals surface area contributed by atoms with Crippen LogP contribution in [0, 0.1) is 11.8 Å². The summed E-state index contributed by atoms with van der Waals surface area (Å²) in [5.41, 5.74) is 1.18. The zero-order valence-corrected chi connectivity index (χ0v) is 17.6. The van der Waals surface area contributed by atoms with Gasteiger partial charge in [0.2, 0.25) is 0 Å². The van der Waals surface area contributed by atoms with Crippen molar-refractivity contribution in [2.75, 3.05) is 25.9 Å². The van der Waals surface area contributed by atoms with Crippen LogP contribution in [0.15, 0.2) is 24.4 Å². The third-order valence-electron chi connectivity index (χ3n) is 5.51. The maximum atomic E-state index is 4.51. The molecule has 0 spiro atoms. The van der Waals surface area contributed by atoms with Crippen molar-refractivity contribution >= 4 is 11.8 Å². The first-order chi connectivity index (χ1) is 12.0. The van der Waals surface area contributed by atoms with Gasteiger partial charge in [-0.1, -0.05) is 13.0 Å². The van der Waals surface area contributed by atoms with Gasteiger partial charge in [0.1, 0.15) is 0 Å². The van der Waals surface area contributed by atoms with E-state index in [1.807, 2.05) is 24.0 Å². The summed E-state index contributed by atoms with van der Waals surface area (Å²) in [5.74, 6) is 1.60. The summed E-state index contributed by atoms with van der Waals surface area (Å²) >= 11 is 1.98. The lowest BCUT2D eigenvalue weighted by Gasteiger charge is -2.38. The lowest BCUT2D eigenvalue weighted by atomic mass is 9.88. The van der Waals surface area contributed by atoms with Gasteiger partial charge < -0.3 is 0 Å². The molecule has 1 saturated heterocycles. The van der Waals surface area contributed by atoms with Crippen molar-refractivity contribution in [3.8, 4) is 0 Å². The molecule has 0 aliphatic carbocycles. The van der Waals surface area contributed by atoms with Crippen LogP contribution in [0.4, 0.5) is 0 Å². The van der Waals surface area contributed by atoms with E-state index in [9.17, 15) is 0 Å². The van der Waals surface area contributed by atoms with Crippen molar-refractivity contribution < 1.29 is 0 Å². The van der Waals surface area contributed by atoms with Gasteiger partial charge in [0.15, 0.2) is 0 Å². The summed E-state index contributed by atoms with van der Waals surface area (Å²) < 4.78 is 0. The third kappa shape index (κ3) is 6.92. The van der Waals surface area contributed by atoms with Gasteiger partial charge in [-0.2, -0.15) is 0 Å². The first-order valence-corrected chi connectivity index (χ1v) is 11.2. The minimum atomic E-state index is 0.559. The molecule has 0 N–H and O–H groups in total. The molecule has 3 atom stereocenters. The molecule has 2 rings (SSSR count). The van der Waals surface area contributed by atoms with E-state index in [1.165, 1.54) is 44.6 Å². The Kier molecular flexibility index (Phi) is 8.74. The second-order valence-corrected chi connectivity index (χ2v) is 9.18. The summed E-state index contributed by atoms with van der Waals surface area (Å²) in [6.07, 6.45) is 8.26. The fourth-order valence-corrected chi connectivity index (χ4v) is 4.46. The Morgan fingerprint density at radius 2 is 2.08 bits per heavy atom. The zero-order chi connectivity index (χ0) is 18.2. The van der Waals surface area contributed by atoms with Crippen LogP contribution in [0.2, 0.25) is 0 Å². The number of thioether (sulfide) groups is 1. The maximum Gasteiger partial charge on any atom is 0.0544 e. The highest BCUT2D eigenvalue weighted by molar-refractivity contribution is 7.99. The largest absolute Gasteiger partial charge is 0.295 e. The molecule has 1 aliphatic heterocycles. The standard InChI is InChI=1S/C21H37N3S/c1-17(2)24(16-21-10-6-7-11-22-21)14-18(3)13-20-9-8-12-23(15-20)19(4)25-5/h6-7,10-11,17-20H,8-9,12-16H2,1-5H3. The normalized spacial score (nSPS) is 21.6. The topological polar surface area (TPSA) is 19.4 Å². The SMILES string of the molecule is CSC(C)N1CCCC(CC(C)CN(Cc2ccccn2)C(C)C)C1. The molecule has 0 amide bonds. The van der Waals surface area contributed by atoms with Gasteiger partial charge in [0.25, 0.3) is 0 Å². The summed E-state index contributed by atoms with van der Waals surface area (Å²) in [6.45, 7) is 14.1. The number of piperidine rings is 1. The van der Waals surface area contributed by atoms with Crippen LogP contribution in [0.3, 0.4) is 0 Å². The predicted molar refractivity (Wildman–Crippen MR) is 111 cm³/mol. The van der Waals surface area contributed by atoms with Crippen molar-refractivity contribution in [2.45, 2.75) is 64.9 Å². The van der Waals surface area contributed by atoms with E-state index in [-0.39, 0.29) is 0 Å². The van der Waals surface area contributed by atoms with Gasteiger partial charge in [-0.05, 0) is 76.8 Å². The Balaban J connectivity index is 1.85. The minimum absolute atomic E-state index is 0.559. The molecule has 142 valence electrons. The van der Waals surface area contributed by atoms with E-state index in [0.29, 0.717) is 11.4 Å². The van der Waals surface area contributed by atoms with Crippen molar-refractivity contribution in [3.63, 3.8) is 0 Å². The van der Waals surface area contributed by atoms with E-state index in [4.69, 9.17) is 0 Å². The lowest BCUT2D eigenvalue weighted by Crippen LogP contribution is -2.41. The number of pyridine rings is 1. The second kappa shape index (κ2) is 10.5. The lowest BCUT2D eigenvalue weighted by molar-refractivity contribution is 0.129. The summed E-state index contributed by atoms with van der Waals surface area (Å²) in [7, 11) is 0. The van der Waals surface area contributed by atoms with E-state index < -0.39 is 0 Å². The van der Waals surface area contributed by atoms with Gasteiger partial charge in [0, 0.05) is 31.9 Å². The van der Waals surface area contributed by atoms with Crippen molar-refractivity contribution in [1.82, 2.24) is 14.8 Å². The Hall–Kier alpha value is -0.580. The minimum Gasteiger partial charge on any atom is -0.295 e. The molecule has 1 fully saturated rings. The van der Waals surface area contributed by atoms with Gasteiger partial charge in [0.05, 0.1) is 11.1 Å². The summed E-state index contributed by atoms with van der Waals surface area (Å²) in [4.78, 5) is 9.77. The van der Waals surface area contributed by atoms with Crippen molar-refractivity contribution in [3.05, 3.63) is 30.1 Å². The number of nitrogens with zero attached hydrogens (tertiary/aromatic N) is 3. The van der Waals surface area contributed by atoms with Gasteiger partial charge in [-0.25, -0.2) is 0 Å². The monoisotopic (exact) mass is 363 g/mol. The van der Waals surface area contributed by atoms with Crippen molar-refractivity contribution in [1.29, 1.82) is 0 Å². The Morgan fingerprint density at radius 3 is 2.72 bits per heavy atom. The predicted octanol–water partition coefficient (Wildman–Crippen LogP) is 4.74. The van der Waals surface area contributed by atoms with Crippen LogP contribution < -0.4 is 0 Å². The van der Waals surface area contributed by atoms with Crippen molar-refractivity contribution in [2.24, 2.45) is 11.8 Å². The zero-order valence-electron chi connectivity index (χ0n) is 16.8. The highest BCUT2D eigenvalue weighted by Crippen LogP contribution is 2.27. The molecule has 3 unspecified atom stereocenters. The molecule has 1 aliphatic rings. The number of likely N-dealkylation sites (tertiary alicyclic amines) is 1. The molecule has 3 nitrogen and oxygen atoms in total. The average molecular weight is 364 g/mol. The summed E-state index contributed by atoms with van der Waals surface area (Å²) in [5, 5.41) is 0.662. The van der Waals surface area contributed by atoms with Gasteiger partial charge in [-0.15, -0.1) is 11.8 Å². The molecule has 2 heterocycles. The quantitative estimate of drug-likeness (QED) is 0.631. The fraction of sp³-hybridized carbons (Fsp3) is 0.762. The Bertz CT molecular complexity index is 479. The molecular weight excluding hydrogens is 326 g/mol. The van der Waals surface area contributed by atoms with E-state index in [1.54, 1.807) is 0 Å². The molecule has 0 radical (unpaired) electrons. The average Bonchev–Trinajstić information content (AvgIpc) is 2.61. The Labute approximate surface area is 159 Å². The van der Waals surface area contributed by atoms with Crippen LogP contribution in [0.25, 0.3) is 0 Å². The maximum absolute atomic E-state index is 4.51. The first kappa shape index (κ1) is 20.7. The van der Waals surface area contributed by atoms with Crippen LogP contribution in [0.1, 0.15) is 52.7 Å². The number of hydrogen-bond donors (Lipinski definition) is 0. The molecule has 1 aromatic rings. The van der Waals surface area contributed by atoms with E-state index in [2.05, 4.69) is 60.9 Å². The molecule has 0 bridgehead atoms. The molecule has 0 aromatic carbocycles. The highest BCUT2D eigenvalue weighted by Gasteiger charge is 2.25. The van der Waals surface area contributed by atoms with E-state index >= 15 is 0 Å².